The van der Waals surface area contributed by atoms with Gasteiger partial charge in [-0.15, -0.1) is 10.2 Å². The molecule has 1 saturated heterocycles. The summed E-state index contributed by atoms with van der Waals surface area (Å²) >= 11 is 0. The van der Waals surface area contributed by atoms with Crippen molar-refractivity contribution in [3.8, 4) is 0 Å². The Morgan fingerprint density at radius 1 is 1.22 bits per heavy atom. The van der Waals surface area contributed by atoms with Gasteiger partial charge in [-0.3, -0.25) is 14.5 Å². The number of aromatic nitrogens is 2. The van der Waals surface area contributed by atoms with Gasteiger partial charge < -0.3 is 19.9 Å². The number of aryl methyl sites for hydroxylation is 1. The summed E-state index contributed by atoms with van der Waals surface area (Å²) in [6, 6.07) is -0.290. The summed E-state index contributed by atoms with van der Waals surface area (Å²) < 4.78 is 10.8. The summed E-state index contributed by atoms with van der Waals surface area (Å²) in [4.78, 5) is 42.7. The first kappa shape index (κ1) is 26.2. The van der Waals surface area contributed by atoms with Crippen molar-refractivity contribution in [1.29, 1.82) is 0 Å². The van der Waals surface area contributed by atoms with Gasteiger partial charge in [-0.25, -0.2) is 4.79 Å². The standard InChI is InChI=1S/C25H33N7O5/c1-25(2,3)36-24(35)32-15-6-10-18(32)22-28-20(37-31-22)12-11-19(33)26-13-7-14-27-21-16-8-4-5-9-17(16)23(34)30-29-21/h4-5,8-9,17-18,27H,6-7,10-15H2,1-3H3,(H,26,33). The third kappa shape index (κ3) is 6.89. The van der Waals surface area contributed by atoms with Crippen molar-refractivity contribution >= 4 is 17.9 Å². The van der Waals surface area contributed by atoms with Gasteiger partial charge in [0.05, 0.1) is 12.0 Å². The number of rotatable bonds is 9. The molecular formula is C25H33N7O5. The van der Waals surface area contributed by atoms with Crippen molar-refractivity contribution < 1.29 is 23.6 Å². The number of hydrogen-bond acceptors (Lipinski definition) is 9. The smallest absolute Gasteiger partial charge is 0.410 e. The molecule has 4 rings (SSSR count). The fourth-order valence-electron chi connectivity index (χ4n) is 4.25. The first-order valence-electron chi connectivity index (χ1n) is 12.6. The SMILES string of the molecule is CC(C)(C)OC(=O)N1CCCC1c1noc(CCC(=O)NCCCNC2=C3C=CC=CC3C(=O)N=N2)n1. The molecule has 3 amide bonds. The van der Waals surface area contributed by atoms with Gasteiger partial charge in [0.1, 0.15) is 5.60 Å². The van der Waals surface area contributed by atoms with Crippen LogP contribution in [0.15, 0.2) is 50.4 Å². The fraction of sp³-hybridized carbons (Fsp3) is 0.560. The Morgan fingerprint density at radius 2 is 2.05 bits per heavy atom. The molecule has 2 N–H and O–H groups in total. The number of amides is 3. The Balaban J connectivity index is 1.17. The van der Waals surface area contributed by atoms with Crippen LogP contribution in [0.3, 0.4) is 0 Å². The molecule has 12 nitrogen and oxygen atoms in total. The van der Waals surface area contributed by atoms with E-state index in [0.29, 0.717) is 50.0 Å². The van der Waals surface area contributed by atoms with E-state index in [1.54, 1.807) is 11.0 Å². The van der Waals surface area contributed by atoms with Gasteiger partial charge in [0.25, 0.3) is 5.91 Å². The van der Waals surface area contributed by atoms with Crippen LogP contribution in [0.5, 0.6) is 0 Å². The number of azo groups is 1. The molecular weight excluding hydrogens is 478 g/mol. The number of nitrogens with one attached hydrogen (secondary N) is 2. The number of allylic oxidation sites excluding steroid dienone is 3. The predicted octanol–water partition coefficient (Wildman–Crippen LogP) is 3.12. The zero-order chi connectivity index (χ0) is 26.4. The molecule has 1 aliphatic carbocycles. The molecule has 198 valence electrons. The summed E-state index contributed by atoms with van der Waals surface area (Å²) in [5, 5.41) is 17.8. The van der Waals surface area contributed by atoms with Gasteiger partial charge in [0.15, 0.2) is 11.6 Å². The van der Waals surface area contributed by atoms with Crippen molar-refractivity contribution in [2.24, 2.45) is 16.1 Å². The Morgan fingerprint density at radius 3 is 2.86 bits per heavy atom. The quantitative estimate of drug-likeness (QED) is 0.480. The van der Waals surface area contributed by atoms with Gasteiger partial charge in [-0.05, 0) is 40.0 Å². The van der Waals surface area contributed by atoms with E-state index in [2.05, 4.69) is 31.0 Å². The molecule has 0 saturated carbocycles. The maximum absolute atomic E-state index is 12.5. The molecule has 2 unspecified atom stereocenters. The number of hydrogen-bond donors (Lipinski definition) is 2. The molecule has 12 heteroatoms. The summed E-state index contributed by atoms with van der Waals surface area (Å²) in [7, 11) is 0. The zero-order valence-electron chi connectivity index (χ0n) is 21.4. The highest BCUT2D eigenvalue weighted by Gasteiger charge is 2.36. The van der Waals surface area contributed by atoms with Crippen LogP contribution in [0.2, 0.25) is 0 Å². The maximum atomic E-state index is 12.5. The van der Waals surface area contributed by atoms with Crippen molar-refractivity contribution in [2.45, 2.75) is 64.5 Å². The lowest BCUT2D eigenvalue weighted by Gasteiger charge is -2.27. The van der Waals surface area contributed by atoms with Gasteiger partial charge in [-0.2, -0.15) is 4.98 Å². The normalized spacial score (nSPS) is 20.8. The van der Waals surface area contributed by atoms with E-state index in [1.165, 1.54) is 0 Å². The maximum Gasteiger partial charge on any atom is 0.410 e. The molecule has 2 aliphatic heterocycles. The molecule has 0 spiro atoms. The minimum absolute atomic E-state index is 0.124. The van der Waals surface area contributed by atoms with Crippen LogP contribution < -0.4 is 10.6 Å². The highest BCUT2D eigenvalue weighted by Crippen LogP contribution is 2.31. The molecule has 37 heavy (non-hydrogen) atoms. The number of nitrogens with zero attached hydrogens (tertiary/aromatic N) is 5. The number of fused-ring (bicyclic) bond motifs is 1. The third-order valence-corrected chi connectivity index (χ3v) is 6.01. The Hall–Kier alpha value is -3.83. The number of likely N-dealkylation sites (tertiary alicyclic amines) is 1. The van der Waals surface area contributed by atoms with Gasteiger partial charge >= 0.3 is 6.09 Å². The van der Waals surface area contributed by atoms with Crippen molar-refractivity contribution in [1.82, 2.24) is 25.7 Å². The lowest BCUT2D eigenvalue weighted by atomic mass is 9.93. The summed E-state index contributed by atoms with van der Waals surface area (Å²) in [6.07, 6.45) is 9.70. The molecule has 1 aromatic rings. The van der Waals surface area contributed by atoms with Gasteiger partial charge in [0, 0.05) is 38.0 Å². The highest BCUT2D eigenvalue weighted by atomic mass is 16.6. The van der Waals surface area contributed by atoms with Crippen LogP contribution >= 0.6 is 0 Å². The first-order valence-corrected chi connectivity index (χ1v) is 12.6. The minimum Gasteiger partial charge on any atom is -0.444 e. The van der Waals surface area contributed by atoms with Crippen LogP contribution in [0.4, 0.5) is 4.79 Å². The predicted molar refractivity (Wildman–Crippen MR) is 132 cm³/mol. The van der Waals surface area contributed by atoms with Gasteiger partial charge in [-0.1, -0.05) is 29.5 Å². The fourth-order valence-corrected chi connectivity index (χ4v) is 4.25. The average molecular weight is 512 g/mol. The molecule has 3 heterocycles. The highest BCUT2D eigenvalue weighted by molar-refractivity contribution is 5.86. The second-order valence-electron chi connectivity index (χ2n) is 10.1. The van der Waals surface area contributed by atoms with Crippen LogP contribution in [0.25, 0.3) is 0 Å². The largest absolute Gasteiger partial charge is 0.444 e. The van der Waals surface area contributed by atoms with E-state index in [9.17, 15) is 14.4 Å². The average Bonchev–Trinajstić information content (AvgIpc) is 3.53. The molecule has 2 atom stereocenters. The van der Waals surface area contributed by atoms with E-state index in [-0.39, 0.29) is 36.3 Å². The number of ether oxygens (including phenoxy) is 1. The van der Waals surface area contributed by atoms with Crippen molar-refractivity contribution in [3.05, 3.63) is 47.4 Å². The minimum atomic E-state index is -0.581. The third-order valence-electron chi connectivity index (χ3n) is 6.01. The summed E-state index contributed by atoms with van der Waals surface area (Å²) in [5.41, 5.74) is 0.222. The zero-order valence-corrected chi connectivity index (χ0v) is 21.4. The molecule has 0 aromatic carbocycles. The van der Waals surface area contributed by atoms with E-state index >= 15 is 0 Å². The van der Waals surface area contributed by atoms with Crippen molar-refractivity contribution in [3.63, 3.8) is 0 Å². The van der Waals surface area contributed by atoms with E-state index in [1.807, 2.05) is 39.0 Å². The Kier molecular flexibility index (Phi) is 8.14. The molecule has 1 aromatic heterocycles. The summed E-state index contributed by atoms with van der Waals surface area (Å²) in [5.74, 6) is 0.594. The summed E-state index contributed by atoms with van der Waals surface area (Å²) in [6.45, 7) is 7.11. The Bertz CT molecular complexity index is 1140. The number of carbonyl (C=O) groups is 3. The van der Waals surface area contributed by atoms with E-state index in [4.69, 9.17) is 9.26 Å². The lowest BCUT2D eigenvalue weighted by Crippen LogP contribution is -2.36. The van der Waals surface area contributed by atoms with Crippen LogP contribution in [0.1, 0.15) is 64.2 Å². The second kappa shape index (κ2) is 11.5. The van der Waals surface area contributed by atoms with Crippen molar-refractivity contribution in [2.75, 3.05) is 19.6 Å². The first-order chi connectivity index (χ1) is 17.7. The molecule has 1 fully saturated rings. The topological polar surface area (TPSA) is 151 Å². The van der Waals surface area contributed by atoms with E-state index < -0.39 is 5.60 Å². The van der Waals surface area contributed by atoms with Crippen LogP contribution in [0, 0.1) is 5.92 Å². The van der Waals surface area contributed by atoms with Crippen LogP contribution in [-0.2, 0) is 20.7 Å². The second-order valence-corrected chi connectivity index (χ2v) is 10.1. The monoisotopic (exact) mass is 511 g/mol. The number of carbonyl (C=O) groups excluding carboxylic acids is 3. The molecule has 0 radical (unpaired) electrons. The van der Waals surface area contributed by atoms with Gasteiger partial charge in [0.2, 0.25) is 11.8 Å². The molecule has 3 aliphatic rings. The van der Waals surface area contributed by atoms with Crippen LogP contribution in [-0.4, -0.2) is 58.2 Å². The Labute approximate surface area is 215 Å². The molecule has 0 bridgehead atoms. The van der Waals surface area contributed by atoms with E-state index in [0.717, 1.165) is 18.4 Å². The lowest BCUT2D eigenvalue weighted by molar-refractivity contribution is -0.121.